The van der Waals surface area contributed by atoms with Crippen LogP contribution in [0.2, 0.25) is 0 Å². The van der Waals surface area contributed by atoms with E-state index in [2.05, 4.69) is 25.6 Å². The Bertz CT molecular complexity index is 719. The molecule has 96 valence electrons. The number of nitrogens with one attached hydrogen (secondary N) is 1. The van der Waals surface area contributed by atoms with E-state index in [1.54, 1.807) is 12.1 Å². The third-order valence-corrected chi connectivity index (χ3v) is 4.10. The fourth-order valence-corrected chi connectivity index (χ4v) is 2.58. The summed E-state index contributed by atoms with van der Waals surface area (Å²) in [4.78, 5) is 4.01. The SMILES string of the molecule is N#Cc1ccc(S(=O)(=O)Nc2ccc(Br)cn2)cc1. The van der Waals surface area contributed by atoms with Gasteiger partial charge >= 0.3 is 0 Å². The molecule has 1 heterocycles. The Morgan fingerprint density at radius 1 is 1.16 bits per heavy atom. The Morgan fingerprint density at radius 3 is 2.37 bits per heavy atom. The highest BCUT2D eigenvalue weighted by Gasteiger charge is 2.14. The topological polar surface area (TPSA) is 82.8 Å². The number of hydrogen-bond acceptors (Lipinski definition) is 4. The molecular formula is C12H8BrN3O2S. The fourth-order valence-electron chi connectivity index (χ4n) is 1.34. The van der Waals surface area contributed by atoms with Gasteiger partial charge in [-0.3, -0.25) is 4.72 Å². The molecule has 0 aliphatic carbocycles. The van der Waals surface area contributed by atoms with E-state index >= 15 is 0 Å². The summed E-state index contributed by atoms with van der Waals surface area (Å²) < 4.78 is 27.2. The second kappa shape index (κ2) is 5.38. The first-order chi connectivity index (χ1) is 9.01. The minimum atomic E-state index is -3.69. The van der Waals surface area contributed by atoms with Gasteiger partial charge in [-0.1, -0.05) is 0 Å². The summed E-state index contributed by atoms with van der Waals surface area (Å²) in [7, 11) is -3.69. The van der Waals surface area contributed by atoms with Crippen molar-refractivity contribution in [2.75, 3.05) is 4.72 Å². The van der Waals surface area contributed by atoms with Gasteiger partial charge in [0.05, 0.1) is 16.5 Å². The van der Waals surface area contributed by atoms with Crippen LogP contribution in [0.4, 0.5) is 5.82 Å². The molecule has 1 aromatic carbocycles. The summed E-state index contributed by atoms with van der Waals surface area (Å²) in [5.41, 5.74) is 0.403. The maximum absolute atomic E-state index is 12.0. The summed E-state index contributed by atoms with van der Waals surface area (Å²) in [5.74, 6) is 0.229. The highest BCUT2D eigenvalue weighted by Crippen LogP contribution is 2.16. The molecule has 2 aromatic rings. The molecule has 0 radical (unpaired) electrons. The van der Waals surface area contributed by atoms with Crippen LogP contribution in [0.25, 0.3) is 0 Å². The van der Waals surface area contributed by atoms with E-state index in [4.69, 9.17) is 5.26 Å². The molecular weight excluding hydrogens is 330 g/mol. The second-order valence-corrected chi connectivity index (χ2v) is 6.20. The summed E-state index contributed by atoms with van der Waals surface area (Å²) >= 11 is 3.22. The lowest BCUT2D eigenvalue weighted by molar-refractivity contribution is 0.601. The number of rotatable bonds is 3. The zero-order valence-electron chi connectivity index (χ0n) is 9.54. The first-order valence-corrected chi connectivity index (χ1v) is 7.43. The van der Waals surface area contributed by atoms with E-state index in [1.807, 2.05) is 6.07 Å². The molecule has 0 unspecified atom stereocenters. The van der Waals surface area contributed by atoms with Gasteiger partial charge in [-0.15, -0.1) is 0 Å². The second-order valence-electron chi connectivity index (χ2n) is 3.60. The zero-order valence-corrected chi connectivity index (χ0v) is 11.9. The summed E-state index contributed by atoms with van der Waals surface area (Å²) in [6.45, 7) is 0. The van der Waals surface area contributed by atoms with Crippen LogP contribution < -0.4 is 4.72 Å². The van der Waals surface area contributed by atoms with Gasteiger partial charge in [-0.2, -0.15) is 5.26 Å². The van der Waals surface area contributed by atoms with Crippen molar-refractivity contribution in [3.8, 4) is 6.07 Å². The predicted octanol–water partition coefficient (Wildman–Crippen LogP) is 2.52. The molecule has 0 fully saturated rings. The molecule has 0 saturated heterocycles. The average molecular weight is 338 g/mol. The average Bonchev–Trinajstić information content (AvgIpc) is 2.41. The highest BCUT2D eigenvalue weighted by molar-refractivity contribution is 9.10. The third-order valence-electron chi connectivity index (χ3n) is 2.26. The minimum Gasteiger partial charge on any atom is -0.263 e. The molecule has 19 heavy (non-hydrogen) atoms. The molecule has 0 spiro atoms. The molecule has 0 aliphatic rings. The summed E-state index contributed by atoms with van der Waals surface area (Å²) in [5, 5.41) is 8.66. The largest absolute Gasteiger partial charge is 0.263 e. The van der Waals surface area contributed by atoms with Crippen molar-refractivity contribution >= 4 is 31.8 Å². The number of pyridine rings is 1. The number of sulfonamides is 1. The van der Waals surface area contributed by atoms with Crippen LogP contribution in [0.3, 0.4) is 0 Å². The quantitative estimate of drug-likeness (QED) is 0.932. The Morgan fingerprint density at radius 2 is 1.84 bits per heavy atom. The molecule has 0 saturated carbocycles. The normalized spacial score (nSPS) is 10.7. The van der Waals surface area contributed by atoms with Crippen LogP contribution in [-0.4, -0.2) is 13.4 Å². The van der Waals surface area contributed by atoms with Gasteiger partial charge in [0, 0.05) is 10.7 Å². The molecule has 0 bridgehead atoms. The number of nitriles is 1. The Hall–Kier alpha value is -1.91. The molecule has 1 aromatic heterocycles. The van der Waals surface area contributed by atoms with Gasteiger partial charge < -0.3 is 0 Å². The third kappa shape index (κ3) is 3.30. The van der Waals surface area contributed by atoms with Crippen LogP contribution >= 0.6 is 15.9 Å². The lowest BCUT2D eigenvalue weighted by Gasteiger charge is -2.07. The van der Waals surface area contributed by atoms with E-state index in [-0.39, 0.29) is 10.7 Å². The molecule has 0 aliphatic heterocycles. The standard InChI is InChI=1S/C12H8BrN3O2S/c13-10-3-6-12(15-8-10)16-19(17,18)11-4-1-9(7-14)2-5-11/h1-6,8H,(H,15,16). The Balaban J connectivity index is 2.27. The van der Waals surface area contributed by atoms with Crippen LogP contribution in [0, 0.1) is 11.3 Å². The van der Waals surface area contributed by atoms with Crippen molar-refractivity contribution < 1.29 is 8.42 Å². The number of anilines is 1. The maximum atomic E-state index is 12.0. The van der Waals surface area contributed by atoms with E-state index < -0.39 is 10.0 Å². The van der Waals surface area contributed by atoms with Crippen molar-refractivity contribution in [1.82, 2.24) is 4.98 Å². The molecule has 5 nitrogen and oxygen atoms in total. The van der Waals surface area contributed by atoms with Crippen molar-refractivity contribution in [1.29, 1.82) is 5.26 Å². The van der Waals surface area contributed by atoms with Crippen LogP contribution in [0.5, 0.6) is 0 Å². The molecule has 7 heteroatoms. The van der Waals surface area contributed by atoms with E-state index in [9.17, 15) is 8.42 Å². The van der Waals surface area contributed by atoms with Crippen molar-refractivity contribution in [3.05, 3.63) is 52.6 Å². The fraction of sp³-hybridized carbons (Fsp3) is 0. The Labute approximate surface area is 119 Å². The van der Waals surface area contributed by atoms with Crippen LogP contribution in [-0.2, 0) is 10.0 Å². The first kappa shape index (κ1) is 13.5. The first-order valence-electron chi connectivity index (χ1n) is 5.16. The molecule has 2 rings (SSSR count). The van der Waals surface area contributed by atoms with Gasteiger partial charge in [-0.05, 0) is 52.3 Å². The number of aromatic nitrogens is 1. The number of halogens is 1. The van der Waals surface area contributed by atoms with E-state index in [0.717, 1.165) is 4.47 Å². The summed E-state index contributed by atoms with van der Waals surface area (Å²) in [6, 6.07) is 10.8. The number of hydrogen-bond donors (Lipinski definition) is 1. The van der Waals surface area contributed by atoms with E-state index in [1.165, 1.54) is 30.5 Å². The lowest BCUT2D eigenvalue weighted by Crippen LogP contribution is -2.13. The summed E-state index contributed by atoms with van der Waals surface area (Å²) in [6.07, 6.45) is 1.50. The molecule has 0 atom stereocenters. The Kier molecular flexibility index (Phi) is 3.83. The van der Waals surface area contributed by atoms with Gasteiger partial charge in [0.15, 0.2) is 0 Å². The van der Waals surface area contributed by atoms with Gasteiger partial charge in [0.25, 0.3) is 10.0 Å². The highest BCUT2D eigenvalue weighted by atomic mass is 79.9. The van der Waals surface area contributed by atoms with Gasteiger partial charge in [0.1, 0.15) is 5.82 Å². The van der Waals surface area contributed by atoms with Gasteiger partial charge in [-0.25, -0.2) is 13.4 Å². The smallest absolute Gasteiger partial charge is 0.263 e. The molecule has 0 amide bonds. The minimum absolute atomic E-state index is 0.0798. The molecule has 1 N–H and O–H groups in total. The van der Waals surface area contributed by atoms with Gasteiger partial charge in [0.2, 0.25) is 0 Å². The van der Waals surface area contributed by atoms with Crippen molar-refractivity contribution in [3.63, 3.8) is 0 Å². The lowest BCUT2D eigenvalue weighted by atomic mass is 10.2. The van der Waals surface area contributed by atoms with Crippen molar-refractivity contribution in [2.24, 2.45) is 0 Å². The number of nitrogens with zero attached hydrogens (tertiary/aromatic N) is 2. The van der Waals surface area contributed by atoms with Crippen molar-refractivity contribution in [2.45, 2.75) is 4.90 Å². The predicted molar refractivity (Wildman–Crippen MR) is 73.9 cm³/mol. The zero-order chi connectivity index (χ0) is 13.9. The number of benzene rings is 1. The van der Waals surface area contributed by atoms with Crippen LogP contribution in [0.15, 0.2) is 52.0 Å². The monoisotopic (exact) mass is 337 g/mol. The van der Waals surface area contributed by atoms with Crippen LogP contribution in [0.1, 0.15) is 5.56 Å². The maximum Gasteiger partial charge on any atom is 0.263 e. The van der Waals surface area contributed by atoms with E-state index in [0.29, 0.717) is 5.56 Å².